The molecule has 1 aromatic carbocycles. The summed E-state index contributed by atoms with van der Waals surface area (Å²) >= 11 is 0. The van der Waals surface area contributed by atoms with Crippen LogP contribution < -0.4 is 0 Å². The summed E-state index contributed by atoms with van der Waals surface area (Å²) in [7, 11) is 0. The average molecular weight is 429 g/mol. The van der Waals surface area contributed by atoms with E-state index in [9.17, 15) is 9.59 Å². The third-order valence-corrected chi connectivity index (χ3v) is 9.71. The smallest absolute Gasteiger partial charge is 0.240 e. The topological polar surface area (TPSA) is 49.7 Å². The largest absolute Gasteiger partial charge is 0.290 e. The number of hydrazone groups is 1. The first kappa shape index (κ1) is 20.1. The van der Waals surface area contributed by atoms with E-state index in [1.165, 1.54) is 23.3 Å². The Bertz CT molecular complexity index is 1090. The maximum Gasteiger partial charge on any atom is 0.240 e. The number of rotatable bonds is 1. The fraction of sp³-hybridized carbons (Fsp3) is 0.536. The lowest BCUT2D eigenvalue weighted by molar-refractivity contribution is -0.131. The van der Waals surface area contributed by atoms with Crippen LogP contribution in [0.5, 0.6) is 0 Å². The lowest BCUT2D eigenvalue weighted by Crippen LogP contribution is -2.49. The van der Waals surface area contributed by atoms with Crippen LogP contribution in [0.4, 0.5) is 0 Å². The van der Waals surface area contributed by atoms with Crippen molar-refractivity contribution in [2.75, 3.05) is 0 Å². The highest BCUT2D eigenvalue weighted by Crippen LogP contribution is 2.66. The van der Waals surface area contributed by atoms with Crippen LogP contribution in [0.15, 0.2) is 59.2 Å². The Balaban J connectivity index is 1.38. The van der Waals surface area contributed by atoms with Gasteiger partial charge in [0.2, 0.25) is 5.91 Å². The fourth-order valence-corrected chi connectivity index (χ4v) is 8.18. The first-order chi connectivity index (χ1) is 15.3. The number of nitrogens with zero attached hydrogens (tertiary/aromatic N) is 2. The van der Waals surface area contributed by atoms with Crippen molar-refractivity contribution in [1.82, 2.24) is 5.01 Å². The van der Waals surface area contributed by atoms with Crippen LogP contribution in [0.2, 0.25) is 0 Å². The molecule has 1 heterocycles. The summed E-state index contributed by atoms with van der Waals surface area (Å²) in [6.07, 6.45) is 11.5. The number of hydrogen-bond acceptors (Lipinski definition) is 3. The fourth-order valence-electron chi connectivity index (χ4n) is 8.18. The lowest BCUT2D eigenvalue weighted by Gasteiger charge is -2.56. The molecule has 6 rings (SSSR count). The molecule has 166 valence electrons. The van der Waals surface area contributed by atoms with E-state index in [1.54, 1.807) is 18.0 Å². The van der Waals surface area contributed by atoms with Crippen molar-refractivity contribution in [1.29, 1.82) is 0 Å². The van der Waals surface area contributed by atoms with Crippen LogP contribution in [-0.2, 0) is 9.59 Å². The number of ketones is 1. The molecule has 4 aliphatic carbocycles. The molecule has 0 N–H and O–H groups in total. The number of amides is 1. The Labute approximate surface area is 190 Å². The molecular weight excluding hydrogens is 396 g/mol. The summed E-state index contributed by atoms with van der Waals surface area (Å²) in [6, 6.07) is 10.5. The van der Waals surface area contributed by atoms with E-state index in [-0.39, 0.29) is 28.6 Å². The molecule has 0 aromatic heterocycles. The average Bonchev–Trinajstić information content (AvgIpc) is 3.30. The quantitative estimate of drug-likeness (QED) is 0.595. The molecule has 1 aliphatic heterocycles. The number of carbonyl (C=O) groups is 2. The summed E-state index contributed by atoms with van der Waals surface area (Å²) in [5, 5.41) is 6.81. The molecule has 3 saturated carbocycles. The number of hydrogen-bond donors (Lipinski definition) is 0. The van der Waals surface area contributed by atoms with Gasteiger partial charge in [-0.1, -0.05) is 55.8 Å². The standard InChI is InChI=1S/C28H32N2O2/c1-17(31)30-25(18-7-5-4-6-8-18)22-16-24-21-10-9-19-15-20(32)11-13-27(19,2)23(21)12-14-28(24,3)26(22)29-30/h4-8,11,13,15,21-25H,9-10,12,14,16H2,1-3H3/t21-,22-,23+,24+,25-,27+,28+/m1/s1. The third-order valence-electron chi connectivity index (χ3n) is 9.71. The van der Waals surface area contributed by atoms with Gasteiger partial charge in [-0.05, 0) is 67.6 Å². The molecule has 0 spiro atoms. The molecule has 0 radical (unpaired) electrons. The van der Waals surface area contributed by atoms with Crippen molar-refractivity contribution in [3.05, 3.63) is 59.7 Å². The second kappa shape index (κ2) is 6.76. The molecule has 0 saturated heterocycles. The second-order valence-electron chi connectivity index (χ2n) is 11.1. The van der Waals surface area contributed by atoms with E-state index in [0.717, 1.165) is 25.7 Å². The van der Waals surface area contributed by atoms with Gasteiger partial charge in [0.25, 0.3) is 0 Å². The zero-order valence-corrected chi connectivity index (χ0v) is 19.3. The molecule has 3 fully saturated rings. The van der Waals surface area contributed by atoms with Crippen LogP contribution in [0.3, 0.4) is 0 Å². The van der Waals surface area contributed by atoms with E-state index >= 15 is 0 Å². The second-order valence-corrected chi connectivity index (χ2v) is 11.1. The molecule has 1 amide bonds. The van der Waals surface area contributed by atoms with Crippen molar-refractivity contribution in [3.8, 4) is 0 Å². The first-order valence-corrected chi connectivity index (χ1v) is 12.2. The molecule has 7 atom stereocenters. The van der Waals surface area contributed by atoms with E-state index in [4.69, 9.17) is 5.10 Å². The van der Waals surface area contributed by atoms with Crippen molar-refractivity contribution >= 4 is 17.4 Å². The van der Waals surface area contributed by atoms with Crippen LogP contribution in [0.1, 0.15) is 64.5 Å². The lowest BCUT2D eigenvalue weighted by atomic mass is 9.48. The van der Waals surface area contributed by atoms with Gasteiger partial charge in [0, 0.05) is 23.7 Å². The van der Waals surface area contributed by atoms with Crippen molar-refractivity contribution in [3.63, 3.8) is 0 Å². The van der Waals surface area contributed by atoms with Gasteiger partial charge in [-0.15, -0.1) is 0 Å². The summed E-state index contributed by atoms with van der Waals surface area (Å²) in [5.41, 5.74) is 3.89. The van der Waals surface area contributed by atoms with E-state index in [2.05, 4.69) is 44.2 Å². The van der Waals surface area contributed by atoms with Gasteiger partial charge in [0.1, 0.15) is 0 Å². The number of benzene rings is 1. The van der Waals surface area contributed by atoms with Crippen molar-refractivity contribution in [2.24, 2.45) is 39.6 Å². The molecule has 1 aromatic rings. The third kappa shape index (κ3) is 2.58. The summed E-state index contributed by atoms with van der Waals surface area (Å²) in [6.45, 7) is 6.43. The Kier molecular flexibility index (Phi) is 4.25. The number of allylic oxidation sites excluding steroid dienone is 4. The van der Waals surface area contributed by atoms with Gasteiger partial charge in [-0.25, -0.2) is 5.01 Å². The van der Waals surface area contributed by atoms with Gasteiger partial charge in [0.15, 0.2) is 5.78 Å². The van der Waals surface area contributed by atoms with Crippen LogP contribution >= 0.6 is 0 Å². The summed E-state index contributed by atoms with van der Waals surface area (Å²) in [5.74, 6) is 2.31. The minimum atomic E-state index is 0.0158. The highest BCUT2D eigenvalue weighted by Gasteiger charge is 2.63. The monoisotopic (exact) mass is 428 g/mol. The Hall–Kier alpha value is -2.49. The zero-order valence-electron chi connectivity index (χ0n) is 19.3. The summed E-state index contributed by atoms with van der Waals surface area (Å²) in [4.78, 5) is 24.6. The van der Waals surface area contributed by atoms with E-state index in [1.807, 2.05) is 12.1 Å². The molecule has 5 aliphatic rings. The first-order valence-electron chi connectivity index (χ1n) is 12.2. The SMILES string of the molecule is CC(=O)N1N=C2[C@H](C[C@H]3[C@@H]4CCC5=CC(=O)C=C[C@]5(C)[C@H]4CC[C@]23C)[C@H]1c1ccccc1. The van der Waals surface area contributed by atoms with Crippen molar-refractivity contribution in [2.45, 2.75) is 58.9 Å². The van der Waals surface area contributed by atoms with E-state index in [0.29, 0.717) is 23.7 Å². The molecule has 32 heavy (non-hydrogen) atoms. The van der Waals surface area contributed by atoms with Gasteiger partial charge >= 0.3 is 0 Å². The maximum atomic E-state index is 12.6. The molecule has 0 unspecified atom stereocenters. The van der Waals surface area contributed by atoms with E-state index < -0.39 is 0 Å². The number of fused-ring (bicyclic) bond motifs is 7. The minimum Gasteiger partial charge on any atom is -0.290 e. The van der Waals surface area contributed by atoms with Gasteiger partial charge in [-0.3, -0.25) is 9.59 Å². The minimum absolute atomic E-state index is 0.0158. The predicted molar refractivity (Wildman–Crippen MR) is 125 cm³/mol. The molecule has 4 nitrogen and oxygen atoms in total. The Morgan fingerprint density at radius 2 is 1.91 bits per heavy atom. The maximum absolute atomic E-state index is 12.6. The number of carbonyl (C=O) groups excluding carboxylic acids is 2. The van der Waals surface area contributed by atoms with Crippen LogP contribution in [-0.4, -0.2) is 22.4 Å². The van der Waals surface area contributed by atoms with Crippen molar-refractivity contribution < 1.29 is 9.59 Å². The normalized spacial score (nSPS) is 41.9. The van der Waals surface area contributed by atoms with Crippen LogP contribution in [0.25, 0.3) is 0 Å². The highest BCUT2D eigenvalue weighted by molar-refractivity contribution is 6.01. The molecule has 4 heteroatoms. The Morgan fingerprint density at radius 1 is 1.12 bits per heavy atom. The molecular formula is C28H32N2O2. The zero-order chi connectivity index (χ0) is 22.3. The Morgan fingerprint density at radius 3 is 2.66 bits per heavy atom. The van der Waals surface area contributed by atoms with Crippen LogP contribution in [0, 0.1) is 34.5 Å². The predicted octanol–water partition coefficient (Wildman–Crippen LogP) is 5.48. The summed E-state index contributed by atoms with van der Waals surface area (Å²) < 4.78 is 0. The van der Waals surface area contributed by atoms with Gasteiger partial charge < -0.3 is 0 Å². The van der Waals surface area contributed by atoms with Gasteiger partial charge in [0.05, 0.1) is 11.8 Å². The highest BCUT2D eigenvalue weighted by atomic mass is 16.2. The molecule has 0 bridgehead atoms. The van der Waals surface area contributed by atoms with Gasteiger partial charge in [-0.2, -0.15) is 5.10 Å².